The van der Waals surface area contributed by atoms with Crippen molar-refractivity contribution in [3.8, 4) is 0 Å². The van der Waals surface area contributed by atoms with E-state index in [9.17, 15) is 0 Å². The number of fused-ring (bicyclic) bond motifs is 1. The zero-order valence-corrected chi connectivity index (χ0v) is 8.00. The second-order valence-electron chi connectivity index (χ2n) is 4.64. The molecule has 3 atom stereocenters. The van der Waals surface area contributed by atoms with Gasteiger partial charge in [0.05, 0.1) is 0 Å². The Morgan fingerprint density at radius 1 is 1.17 bits per heavy atom. The van der Waals surface area contributed by atoms with Gasteiger partial charge >= 0.3 is 0 Å². The fourth-order valence-electron chi connectivity index (χ4n) is 2.84. The number of nitrogens with two attached hydrogens (primary N) is 1. The molecule has 2 N–H and O–H groups in total. The highest BCUT2D eigenvalue weighted by Crippen LogP contribution is 2.34. The van der Waals surface area contributed by atoms with E-state index in [4.69, 9.17) is 5.73 Å². The maximum Gasteiger partial charge on any atom is 0.00421 e. The third kappa shape index (κ3) is 1.64. The number of piperidine rings is 1. The molecule has 1 saturated heterocycles. The van der Waals surface area contributed by atoms with Crippen molar-refractivity contribution in [3.63, 3.8) is 0 Å². The smallest absolute Gasteiger partial charge is 0.00421 e. The normalized spacial score (nSPS) is 44.0. The lowest BCUT2D eigenvalue weighted by Crippen LogP contribution is -2.44. The number of likely N-dealkylation sites (tertiary alicyclic amines) is 1. The van der Waals surface area contributed by atoms with Gasteiger partial charge in [0.1, 0.15) is 0 Å². The first-order valence-corrected chi connectivity index (χ1v) is 5.20. The summed E-state index contributed by atoms with van der Waals surface area (Å²) in [6, 6.07) is 0.498. The molecule has 70 valence electrons. The van der Waals surface area contributed by atoms with Crippen LogP contribution in [0.4, 0.5) is 0 Å². The largest absolute Gasteiger partial charge is 0.328 e. The van der Waals surface area contributed by atoms with Crippen LogP contribution < -0.4 is 5.73 Å². The molecule has 1 aliphatic heterocycles. The number of hydrogen-bond acceptors (Lipinski definition) is 2. The van der Waals surface area contributed by atoms with E-state index in [1.54, 1.807) is 0 Å². The van der Waals surface area contributed by atoms with Gasteiger partial charge in [-0.15, -0.1) is 0 Å². The lowest BCUT2D eigenvalue weighted by Gasteiger charge is -2.41. The Morgan fingerprint density at radius 2 is 2.00 bits per heavy atom. The van der Waals surface area contributed by atoms with Crippen LogP contribution in [0, 0.1) is 11.8 Å². The molecular formula is C10H20N2. The highest BCUT2D eigenvalue weighted by atomic mass is 15.1. The Hall–Kier alpha value is -0.0800. The molecule has 2 rings (SSSR count). The van der Waals surface area contributed by atoms with Gasteiger partial charge in [0.15, 0.2) is 0 Å². The van der Waals surface area contributed by atoms with E-state index in [-0.39, 0.29) is 0 Å². The molecule has 0 spiro atoms. The van der Waals surface area contributed by atoms with Crippen molar-refractivity contribution in [2.75, 3.05) is 20.1 Å². The number of nitrogens with zero attached hydrogens (tertiary/aromatic N) is 1. The number of rotatable bonds is 0. The van der Waals surface area contributed by atoms with Crippen LogP contribution in [0.5, 0.6) is 0 Å². The van der Waals surface area contributed by atoms with E-state index in [0.29, 0.717) is 6.04 Å². The summed E-state index contributed by atoms with van der Waals surface area (Å²) in [5.74, 6) is 1.91. The average Bonchev–Trinajstić information content (AvgIpc) is 2.03. The molecular weight excluding hydrogens is 148 g/mol. The summed E-state index contributed by atoms with van der Waals surface area (Å²) in [5, 5.41) is 0. The highest BCUT2D eigenvalue weighted by Gasteiger charge is 2.32. The third-order valence-electron chi connectivity index (χ3n) is 3.61. The van der Waals surface area contributed by atoms with Gasteiger partial charge in [0.2, 0.25) is 0 Å². The van der Waals surface area contributed by atoms with Crippen LogP contribution in [0.15, 0.2) is 0 Å². The van der Waals surface area contributed by atoms with E-state index < -0.39 is 0 Å². The molecule has 0 aromatic heterocycles. The Kier molecular flexibility index (Phi) is 2.37. The van der Waals surface area contributed by atoms with Crippen molar-refractivity contribution >= 4 is 0 Å². The van der Waals surface area contributed by atoms with Crippen LogP contribution in [-0.4, -0.2) is 31.1 Å². The summed E-state index contributed by atoms with van der Waals surface area (Å²) in [5.41, 5.74) is 5.97. The summed E-state index contributed by atoms with van der Waals surface area (Å²) in [7, 11) is 2.23. The lowest BCUT2D eigenvalue weighted by molar-refractivity contribution is 0.0966. The van der Waals surface area contributed by atoms with E-state index in [2.05, 4.69) is 11.9 Å². The van der Waals surface area contributed by atoms with Gasteiger partial charge < -0.3 is 10.6 Å². The molecule has 1 aliphatic carbocycles. The topological polar surface area (TPSA) is 29.3 Å². The average molecular weight is 168 g/mol. The van der Waals surface area contributed by atoms with Gasteiger partial charge in [-0.2, -0.15) is 0 Å². The van der Waals surface area contributed by atoms with E-state index in [1.165, 1.54) is 38.8 Å². The first-order valence-electron chi connectivity index (χ1n) is 5.20. The van der Waals surface area contributed by atoms with Crippen molar-refractivity contribution in [1.82, 2.24) is 4.90 Å². The second kappa shape index (κ2) is 3.35. The first kappa shape index (κ1) is 8.52. The second-order valence-corrected chi connectivity index (χ2v) is 4.64. The monoisotopic (exact) mass is 168 g/mol. The van der Waals surface area contributed by atoms with Crippen molar-refractivity contribution in [1.29, 1.82) is 0 Å². The third-order valence-corrected chi connectivity index (χ3v) is 3.61. The molecule has 1 saturated carbocycles. The van der Waals surface area contributed by atoms with Crippen LogP contribution in [0.25, 0.3) is 0 Å². The minimum absolute atomic E-state index is 0.498. The molecule has 0 aromatic carbocycles. The van der Waals surface area contributed by atoms with Crippen LogP contribution >= 0.6 is 0 Å². The molecule has 2 aliphatic rings. The Bertz CT molecular complexity index is 142. The zero-order chi connectivity index (χ0) is 8.55. The van der Waals surface area contributed by atoms with Gasteiger partial charge in [0.25, 0.3) is 0 Å². The fourth-order valence-corrected chi connectivity index (χ4v) is 2.84. The molecule has 2 nitrogen and oxygen atoms in total. The molecule has 3 unspecified atom stereocenters. The quantitative estimate of drug-likeness (QED) is 0.586. The minimum atomic E-state index is 0.498. The van der Waals surface area contributed by atoms with Crippen LogP contribution in [0.2, 0.25) is 0 Å². The van der Waals surface area contributed by atoms with Crippen LogP contribution in [-0.2, 0) is 0 Å². The summed E-state index contributed by atoms with van der Waals surface area (Å²) in [6.07, 6.45) is 5.34. The van der Waals surface area contributed by atoms with Gasteiger partial charge in [-0.3, -0.25) is 0 Å². The maximum atomic E-state index is 5.97. The predicted molar refractivity (Wildman–Crippen MR) is 50.9 cm³/mol. The van der Waals surface area contributed by atoms with E-state index in [1.807, 2.05) is 0 Å². The maximum absolute atomic E-state index is 5.97. The first-order chi connectivity index (χ1) is 5.75. The van der Waals surface area contributed by atoms with Crippen molar-refractivity contribution in [2.45, 2.75) is 31.7 Å². The minimum Gasteiger partial charge on any atom is -0.328 e. The Morgan fingerprint density at radius 3 is 2.83 bits per heavy atom. The van der Waals surface area contributed by atoms with Crippen molar-refractivity contribution in [2.24, 2.45) is 17.6 Å². The molecule has 12 heavy (non-hydrogen) atoms. The van der Waals surface area contributed by atoms with Crippen LogP contribution in [0.3, 0.4) is 0 Å². The van der Waals surface area contributed by atoms with Gasteiger partial charge in [-0.25, -0.2) is 0 Å². The van der Waals surface area contributed by atoms with Gasteiger partial charge in [-0.1, -0.05) is 0 Å². The fraction of sp³-hybridized carbons (Fsp3) is 1.00. The molecule has 0 aromatic rings. The summed E-state index contributed by atoms with van der Waals surface area (Å²) >= 11 is 0. The molecule has 2 fully saturated rings. The zero-order valence-electron chi connectivity index (χ0n) is 8.00. The Labute approximate surface area is 75.1 Å². The summed E-state index contributed by atoms with van der Waals surface area (Å²) in [6.45, 7) is 2.59. The number of hydrogen-bond donors (Lipinski definition) is 1. The highest BCUT2D eigenvalue weighted by molar-refractivity contribution is 4.86. The summed E-state index contributed by atoms with van der Waals surface area (Å²) in [4.78, 5) is 2.46. The lowest BCUT2D eigenvalue weighted by atomic mass is 9.73. The van der Waals surface area contributed by atoms with E-state index >= 15 is 0 Å². The van der Waals surface area contributed by atoms with Gasteiger partial charge in [-0.05, 0) is 51.1 Å². The van der Waals surface area contributed by atoms with Gasteiger partial charge in [0, 0.05) is 12.6 Å². The van der Waals surface area contributed by atoms with Crippen molar-refractivity contribution in [3.05, 3.63) is 0 Å². The molecule has 1 heterocycles. The molecule has 2 heteroatoms. The molecule has 0 bridgehead atoms. The molecule has 0 radical (unpaired) electrons. The predicted octanol–water partition coefficient (Wildman–Crippen LogP) is 1.07. The van der Waals surface area contributed by atoms with Crippen molar-refractivity contribution < 1.29 is 0 Å². The standard InChI is InChI=1S/C10H20N2/c1-12-5-4-8-2-3-10(11)6-9(8)7-12/h8-10H,2-7,11H2,1H3. The van der Waals surface area contributed by atoms with Crippen LogP contribution in [0.1, 0.15) is 25.7 Å². The molecule has 0 amide bonds. The SMILES string of the molecule is CN1CCC2CCC(N)CC2C1. The van der Waals surface area contributed by atoms with E-state index in [0.717, 1.165) is 11.8 Å². The Balaban J connectivity index is 1.94. The summed E-state index contributed by atoms with van der Waals surface area (Å²) < 4.78 is 0.